The van der Waals surface area contributed by atoms with Crippen molar-refractivity contribution in [2.45, 2.75) is 177 Å². The van der Waals surface area contributed by atoms with Crippen LogP contribution in [0.2, 0.25) is 5.02 Å². The van der Waals surface area contributed by atoms with Crippen LogP contribution in [0, 0.1) is 40.4 Å². The molecule has 1 aromatic carbocycles. The van der Waals surface area contributed by atoms with Gasteiger partial charge in [-0.1, -0.05) is 157 Å². The highest BCUT2D eigenvalue weighted by Crippen LogP contribution is 2.51. The lowest BCUT2D eigenvalue weighted by Crippen LogP contribution is -2.28. The van der Waals surface area contributed by atoms with E-state index in [0.717, 1.165) is 40.0 Å². The van der Waals surface area contributed by atoms with E-state index in [0.29, 0.717) is 10.8 Å². The van der Waals surface area contributed by atoms with E-state index in [2.05, 4.69) is 81.4 Å². The zero-order chi connectivity index (χ0) is 30.7. The zero-order valence-corrected chi connectivity index (χ0v) is 30.1. The SMILES string of the molecule is CC(C)C1(C)CC1.CC(C)C1(C)CCCCC1.CC(C)C1(c2ccc(Cl)cc2)CCCC1.CC(C)C1CCCCC1. The lowest BCUT2D eigenvalue weighted by Gasteiger charge is -2.37. The van der Waals surface area contributed by atoms with Gasteiger partial charge in [0.05, 0.1) is 0 Å². The summed E-state index contributed by atoms with van der Waals surface area (Å²) < 4.78 is 0. The molecule has 0 saturated heterocycles. The second kappa shape index (κ2) is 17.1. The molecule has 4 aliphatic rings. The van der Waals surface area contributed by atoms with Crippen molar-refractivity contribution in [2.75, 3.05) is 0 Å². The standard InChI is InChI=1S/C14H19Cl.C10H20.C9H18.C7H14/c1-11(2)14(9-3-4-10-14)12-5-7-13(15)8-6-12;1-9(2)10(3)7-5-4-6-8-10;1-8(2)9-6-4-3-5-7-9;1-6(2)7(3)4-5-7/h5-8,11H,3-4,9-10H2,1-2H3;9H,4-8H2,1-3H3;8-9H,3-7H2,1-2H3;6H,4-5H2,1-3H3. The second-order valence-electron chi connectivity index (χ2n) is 16.3. The van der Waals surface area contributed by atoms with Crippen LogP contribution < -0.4 is 0 Å². The van der Waals surface area contributed by atoms with Gasteiger partial charge in [0.25, 0.3) is 0 Å². The molecule has 0 unspecified atom stereocenters. The minimum Gasteiger partial charge on any atom is -0.0843 e. The predicted octanol–water partition coefficient (Wildman–Crippen LogP) is 14.1. The van der Waals surface area contributed by atoms with Crippen LogP contribution in [0.25, 0.3) is 0 Å². The lowest BCUT2D eigenvalue weighted by molar-refractivity contribution is 0.143. The van der Waals surface area contributed by atoms with Crippen molar-refractivity contribution in [2.24, 2.45) is 40.4 Å². The average Bonchev–Trinajstić information content (AvgIpc) is 3.51. The van der Waals surface area contributed by atoms with E-state index in [4.69, 9.17) is 11.6 Å². The fourth-order valence-corrected chi connectivity index (χ4v) is 7.63. The number of rotatable bonds is 5. The fraction of sp³-hybridized carbons (Fsp3) is 0.850. The Hall–Kier alpha value is -0.490. The molecule has 0 spiro atoms. The Labute approximate surface area is 263 Å². The molecular formula is C40H71Cl. The fourth-order valence-electron chi connectivity index (χ4n) is 7.50. The Morgan fingerprint density at radius 1 is 0.537 bits per heavy atom. The average molecular weight is 587 g/mol. The third kappa shape index (κ3) is 11.5. The Morgan fingerprint density at radius 2 is 0.951 bits per heavy atom. The summed E-state index contributed by atoms with van der Waals surface area (Å²) in [6.45, 7) is 23.6. The molecule has 41 heavy (non-hydrogen) atoms. The maximum atomic E-state index is 5.94. The molecule has 0 N–H and O–H groups in total. The summed E-state index contributed by atoms with van der Waals surface area (Å²) in [6.07, 6.45) is 23.2. The zero-order valence-electron chi connectivity index (χ0n) is 29.4. The first kappa shape index (κ1) is 36.7. The molecule has 0 aliphatic heterocycles. The summed E-state index contributed by atoms with van der Waals surface area (Å²) in [4.78, 5) is 0. The lowest BCUT2D eigenvalue weighted by atomic mass is 9.69. The molecular weight excluding hydrogens is 516 g/mol. The van der Waals surface area contributed by atoms with Gasteiger partial charge in [-0.2, -0.15) is 0 Å². The number of benzene rings is 1. The molecule has 238 valence electrons. The first-order chi connectivity index (χ1) is 19.3. The van der Waals surface area contributed by atoms with Gasteiger partial charge in [-0.15, -0.1) is 0 Å². The van der Waals surface area contributed by atoms with Crippen LogP contribution in [-0.2, 0) is 5.41 Å². The quantitative estimate of drug-likeness (QED) is 0.322. The molecule has 1 heteroatoms. The van der Waals surface area contributed by atoms with E-state index in [1.54, 1.807) is 0 Å². The first-order valence-corrected chi connectivity index (χ1v) is 18.4. The monoisotopic (exact) mass is 587 g/mol. The van der Waals surface area contributed by atoms with E-state index in [9.17, 15) is 0 Å². The van der Waals surface area contributed by atoms with Crippen LogP contribution in [-0.4, -0.2) is 0 Å². The van der Waals surface area contributed by atoms with Gasteiger partial charge in [-0.05, 0) is 102 Å². The van der Waals surface area contributed by atoms with Gasteiger partial charge in [-0.25, -0.2) is 0 Å². The smallest absolute Gasteiger partial charge is 0.0406 e. The predicted molar refractivity (Wildman–Crippen MR) is 186 cm³/mol. The molecule has 5 rings (SSSR count). The van der Waals surface area contributed by atoms with Crippen molar-refractivity contribution in [3.63, 3.8) is 0 Å². The minimum atomic E-state index is 0.421. The maximum absolute atomic E-state index is 5.94. The third-order valence-corrected chi connectivity index (χ3v) is 12.7. The summed E-state index contributed by atoms with van der Waals surface area (Å²) in [7, 11) is 0. The molecule has 0 atom stereocenters. The van der Waals surface area contributed by atoms with E-state index >= 15 is 0 Å². The molecule has 0 nitrogen and oxygen atoms in total. The molecule has 4 fully saturated rings. The summed E-state index contributed by atoms with van der Waals surface area (Å²) in [5.74, 6) is 4.51. The van der Waals surface area contributed by atoms with Gasteiger partial charge >= 0.3 is 0 Å². The Kier molecular flexibility index (Phi) is 15.3. The Balaban J connectivity index is 0.000000200. The largest absolute Gasteiger partial charge is 0.0843 e. The van der Waals surface area contributed by atoms with Gasteiger partial charge < -0.3 is 0 Å². The van der Waals surface area contributed by atoms with Crippen LogP contribution in [0.4, 0.5) is 0 Å². The first-order valence-electron chi connectivity index (χ1n) is 18.0. The van der Waals surface area contributed by atoms with Crippen molar-refractivity contribution in [1.82, 2.24) is 0 Å². The summed E-state index contributed by atoms with van der Waals surface area (Å²) in [5.41, 5.74) is 3.34. The minimum absolute atomic E-state index is 0.421. The van der Waals surface area contributed by atoms with Crippen LogP contribution >= 0.6 is 11.6 Å². The van der Waals surface area contributed by atoms with Gasteiger partial charge in [0.1, 0.15) is 0 Å². The van der Waals surface area contributed by atoms with E-state index in [-0.39, 0.29) is 0 Å². The molecule has 4 aliphatic carbocycles. The van der Waals surface area contributed by atoms with Crippen LogP contribution in [0.3, 0.4) is 0 Å². The second-order valence-corrected chi connectivity index (χ2v) is 16.8. The van der Waals surface area contributed by atoms with E-state index < -0.39 is 0 Å². The van der Waals surface area contributed by atoms with E-state index in [1.165, 1.54) is 108 Å². The number of hydrogen-bond donors (Lipinski definition) is 0. The van der Waals surface area contributed by atoms with Gasteiger partial charge in [0.2, 0.25) is 0 Å². The third-order valence-electron chi connectivity index (χ3n) is 12.4. The van der Waals surface area contributed by atoms with Crippen molar-refractivity contribution in [3.05, 3.63) is 34.9 Å². The molecule has 0 heterocycles. The number of halogens is 1. The van der Waals surface area contributed by atoms with Gasteiger partial charge in [-0.3, -0.25) is 0 Å². The van der Waals surface area contributed by atoms with Crippen molar-refractivity contribution in [1.29, 1.82) is 0 Å². The summed E-state index contributed by atoms with van der Waals surface area (Å²) in [5, 5.41) is 0.843. The van der Waals surface area contributed by atoms with E-state index in [1.807, 2.05) is 12.1 Å². The highest BCUT2D eigenvalue weighted by atomic mass is 35.5. The molecule has 0 aromatic heterocycles. The van der Waals surface area contributed by atoms with Crippen LogP contribution in [0.1, 0.15) is 178 Å². The Bertz CT molecular complexity index is 807. The molecule has 0 amide bonds. The topological polar surface area (TPSA) is 0 Å². The highest BCUT2D eigenvalue weighted by molar-refractivity contribution is 6.30. The molecule has 0 bridgehead atoms. The number of hydrogen-bond acceptors (Lipinski definition) is 0. The highest BCUT2D eigenvalue weighted by Gasteiger charge is 2.40. The summed E-state index contributed by atoms with van der Waals surface area (Å²) >= 11 is 5.94. The van der Waals surface area contributed by atoms with Crippen LogP contribution in [0.5, 0.6) is 0 Å². The Morgan fingerprint density at radius 3 is 1.27 bits per heavy atom. The van der Waals surface area contributed by atoms with Gasteiger partial charge in [0.15, 0.2) is 0 Å². The van der Waals surface area contributed by atoms with Gasteiger partial charge in [0, 0.05) is 5.02 Å². The maximum Gasteiger partial charge on any atom is 0.0406 e. The van der Waals surface area contributed by atoms with Crippen LogP contribution in [0.15, 0.2) is 24.3 Å². The summed E-state index contributed by atoms with van der Waals surface area (Å²) in [6, 6.07) is 8.49. The van der Waals surface area contributed by atoms with Crippen molar-refractivity contribution >= 4 is 11.6 Å². The molecule has 1 aromatic rings. The normalized spacial score (nSPS) is 22.8. The van der Waals surface area contributed by atoms with Crippen molar-refractivity contribution in [3.8, 4) is 0 Å². The molecule has 0 radical (unpaired) electrons. The molecule has 4 saturated carbocycles. The van der Waals surface area contributed by atoms with Crippen molar-refractivity contribution < 1.29 is 0 Å².